The average molecular weight is 334 g/mol. The molecule has 2 heteroatoms. The van der Waals surface area contributed by atoms with Gasteiger partial charge in [0, 0.05) is 17.9 Å². The second-order valence-electron chi connectivity index (χ2n) is 4.18. The molecule has 0 aliphatic rings. The Hall–Kier alpha value is -1.16. The van der Waals surface area contributed by atoms with E-state index < -0.39 is 0 Å². The SMILES string of the molecule is CCc1c2ccc3ccccc3c2cc[n+]1I. The molecular formula is C15H13IN+. The van der Waals surface area contributed by atoms with Crippen LogP contribution in [0, 0.1) is 0 Å². The van der Waals surface area contributed by atoms with Crippen LogP contribution in [0.25, 0.3) is 21.5 Å². The van der Waals surface area contributed by atoms with Gasteiger partial charge >= 0.3 is 22.9 Å². The van der Waals surface area contributed by atoms with Crippen LogP contribution in [0.1, 0.15) is 12.6 Å². The number of pyridine rings is 1. The summed E-state index contributed by atoms with van der Waals surface area (Å²) in [6, 6.07) is 15.2. The molecule has 0 aliphatic carbocycles. The Morgan fingerprint density at radius 3 is 2.59 bits per heavy atom. The molecule has 0 saturated carbocycles. The largest absolute Gasteiger partial charge is 0.354 e. The van der Waals surface area contributed by atoms with Gasteiger partial charge in [0.05, 0.1) is 5.39 Å². The van der Waals surface area contributed by atoms with Gasteiger partial charge in [-0.15, -0.1) is 2.78 Å². The Labute approximate surface area is 115 Å². The third-order valence-corrected chi connectivity index (χ3v) is 4.15. The van der Waals surface area contributed by atoms with E-state index >= 15 is 0 Å². The molecule has 84 valence electrons. The lowest BCUT2D eigenvalue weighted by Crippen LogP contribution is -2.24. The molecule has 0 aliphatic heterocycles. The molecule has 1 heterocycles. The van der Waals surface area contributed by atoms with Crippen LogP contribution in [0.15, 0.2) is 48.7 Å². The van der Waals surface area contributed by atoms with Crippen molar-refractivity contribution in [2.75, 3.05) is 0 Å². The third kappa shape index (κ3) is 1.71. The number of hydrogen-bond acceptors (Lipinski definition) is 0. The second-order valence-corrected chi connectivity index (χ2v) is 5.21. The van der Waals surface area contributed by atoms with Crippen LogP contribution < -0.4 is 2.78 Å². The summed E-state index contributed by atoms with van der Waals surface area (Å²) in [5.41, 5.74) is 1.38. The summed E-state index contributed by atoms with van der Waals surface area (Å²) in [4.78, 5) is 0. The molecule has 2 aromatic carbocycles. The molecule has 0 spiro atoms. The minimum absolute atomic E-state index is 1.05. The fraction of sp³-hybridized carbons (Fsp3) is 0.133. The van der Waals surface area contributed by atoms with Crippen molar-refractivity contribution in [1.29, 1.82) is 0 Å². The number of fused-ring (bicyclic) bond motifs is 3. The van der Waals surface area contributed by atoms with Gasteiger partial charge in [-0.05, 0) is 16.8 Å². The molecule has 0 radical (unpaired) electrons. The zero-order valence-electron chi connectivity index (χ0n) is 9.65. The summed E-state index contributed by atoms with van der Waals surface area (Å²) >= 11 is 2.35. The maximum absolute atomic E-state index is 2.35. The van der Waals surface area contributed by atoms with Crippen molar-refractivity contribution < 1.29 is 2.78 Å². The molecular weight excluding hydrogens is 321 g/mol. The van der Waals surface area contributed by atoms with E-state index in [9.17, 15) is 0 Å². The van der Waals surface area contributed by atoms with Crippen molar-refractivity contribution in [3.63, 3.8) is 0 Å². The van der Waals surface area contributed by atoms with Gasteiger partial charge in [-0.1, -0.05) is 37.3 Å². The highest BCUT2D eigenvalue weighted by molar-refractivity contribution is 14.1. The van der Waals surface area contributed by atoms with Crippen molar-refractivity contribution in [1.82, 2.24) is 0 Å². The first-order valence-corrected chi connectivity index (χ1v) is 6.79. The van der Waals surface area contributed by atoms with Gasteiger partial charge in [0.25, 0.3) is 0 Å². The maximum atomic E-state index is 2.35. The van der Waals surface area contributed by atoms with E-state index in [0.717, 1.165) is 6.42 Å². The Kier molecular flexibility index (Phi) is 2.74. The number of rotatable bonds is 1. The van der Waals surface area contributed by atoms with Crippen LogP contribution in [-0.2, 0) is 6.42 Å². The highest BCUT2D eigenvalue weighted by Gasteiger charge is 2.12. The monoisotopic (exact) mass is 334 g/mol. The average Bonchev–Trinajstić information content (AvgIpc) is 2.38. The molecule has 0 bridgehead atoms. The van der Waals surface area contributed by atoms with Crippen LogP contribution in [0.5, 0.6) is 0 Å². The van der Waals surface area contributed by atoms with Crippen LogP contribution in [0.2, 0.25) is 0 Å². The number of halogens is 1. The molecule has 1 aromatic heterocycles. The summed E-state index contributed by atoms with van der Waals surface area (Å²) in [6.45, 7) is 2.21. The van der Waals surface area contributed by atoms with Gasteiger partial charge in [0.15, 0.2) is 11.9 Å². The van der Waals surface area contributed by atoms with Gasteiger partial charge in [-0.25, -0.2) is 0 Å². The van der Waals surface area contributed by atoms with E-state index in [1.165, 1.54) is 27.2 Å². The molecule has 1 nitrogen and oxygen atoms in total. The highest BCUT2D eigenvalue weighted by Crippen LogP contribution is 2.26. The highest BCUT2D eigenvalue weighted by atomic mass is 127. The minimum Gasteiger partial charge on any atom is -0.140 e. The molecule has 0 saturated heterocycles. The summed E-state index contributed by atoms with van der Waals surface area (Å²) < 4.78 is 2.19. The molecule has 0 fully saturated rings. The standard InChI is InChI=1S/C15H13IN/c1-2-15-14-8-7-11-5-3-4-6-12(11)13(14)9-10-17(15)16/h3-10H,2H2,1H3/q+1. The Morgan fingerprint density at radius 2 is 1.76 bits per heavy atom. The number of benzene rings is 2. The summed E-state index contributed by atoms with van der Waals surface area (Å²) in [5, 5.41) is 5.38. The first-order valence-electron chi connectivity index (χ1n) is 5.82. The first-order chi connectivity index (χ1) is 8.31. The van der Waals surface area contributed by atoms with E-state index in [4.69, 9.17) is 0 Å². The fourth-order valence-corrected chi connectivity index (χ4v) is 3.18. The zero-order valence-corrected chi connectivity index (χ0v) is 11.8. The van der Waals surface area contributed by atoms with Crippen LogP contribution >= 0.6 is 22.9 Å². The molecule has 0 atom stereocenters. The van der Waals surface area contributed by atoms with Crippen molar-refractivity contribution in [2.24, 2.45) is 0 Å². The van der Waals surface area contributed by atoms with Gasteiger partial charge in [0.1, 0.15) is 0 Å². The van der Waals surface area contributed by atoms with Crippen molar-refractivity contribution >= 4 is 44.4 Å². The molecule has 0 N–H and O–H groups in total. The maximum Gasteiger partial charge on any atom is 0.354 e. The van der Waals surface area contributed by atoms with E-state index in [-0.39, 0.29) is 0 Å². The van der Waals surface area contributed by atoms with Gasteiger partial charge in [0.2, 0.25) is 0 Å². The van der Waals surface area contributed by atoms with Gasteiger partial charge < -0.3 is 0 Å². The van der Waals surface area contributed by atoms with E-state index in [1.807, 2.05) is 0 Å². The first kappa shape index (κ1) is 11.0. The van der Waals surface area contributed by atoms with Crippen LogP contribution in [0.3, 0.4) is 0 Å². The van der Waals surface area contributed by atoms with Gasteiger partial charge in [-0.2, -0.15) is 0 Å². The van der Waals surface area contributed by atoms with Crippen molar-refractivity contribution in [3.8, 4) is 0 Å². The predicted molar refractivity (Wildman–Crippen MR) is 80.4 cm³/mol. The normalized spacial score (nSPS) is 11.2. The van der Waals surface area contributed by atoms with E-state index in [1.54, 1.807) is 0 Å². The quantitative estimate of drug-likeness (QED) is 0.467. The van der Waals surface area contributed by atoms with Crippen molar-refractivity contribution in [2.45, 2.75) is 13.3 Å². The Balaban J connectivity index is 2.52. The van der Waals surface area contributed by atoms with E-state index in [0.29, 0.717) is 0 Å². The van der Waals surface area contributed by atoms with Gasteiger partial charge in [-0.3, -0.25) is 0 Å². The molecule has 17 heavy (non-hydrogen) atoms. The lowest BCUT2D eigenvalue weighted by Gasteiger charge is -2.05. The minimum atomic E-state index is 1.05. The molecule has 3 aromatic rings. The topological polar surface area (TPSA) is 3.88 Å². The lowest BCUT2D eigenvalue weighted by atomic mass is 10.0. The molecule has 0 unspecified atom stereocenters. The number of aromatic nitrogens is 1. The summed E-state index contributed by atoms with van der Waals surface area (Å²) in [6.07, 6.45) is 3.20. The predicted octanol–water partition coefficient (Wildman–Crippen LogP) is 4.04. The summed E-state index contributed by atoms with van der Waals surface area (Å²) in [7, 11) is 0. The Bertz CT molecular complexity index is 704. The molecule has 3 rings (SSSR count). The van der Waals surface area contributed by atoms with Crippen molar-refractivity contribution in [3.05, 3.63) is 54.4 Å². The van der Waals surface area contributed by atoms with E-state index in [2.05, 4.69) is 81.2 Å². The second kappa shape index (κ2) is 4.26. The third-order valence-electron chi connectivity index (χ3n) is 3.25. The smallest absolute Gasteiger partial charge is 0.140 e. The fourth-order valence-electron chi connectivity index (χ4n) is 2.41. The lowest BCUT2D eigenvalue weighted by molar-refractivity contribution is -0.448. The Morgan fingerprint density at radius 1 is 0.941 bits per heavy atom. The van der Waals surface area contributed by atoms with Crippen LogP contribution in [-0.4, -0.2) is 0 Å². The molecule has 0 amide bonds. The van der Waals surface area contributed by atoms with Crippen LogP contribution in [0.4, 0.5) is 0 Å². The zero-order chi connectivity index (χ0) is 11.8. The number of nitrogens with zero attached hydrogens (tertiary/aromatic N) is 1. The number of hydrogen-bond donors (Lipinski definition) is 0. The number of aryl methyl sites for hydroxylation is 1. The summed E-state index contributed by atoms with van der Waals surface area (Å²) in [5.74, 6) is 0.